The van der Waals surface area contributed by atoms with Crippen molar-refractivity contribution >= 4 is 38.9 Å². The first-order chi connectivity index (χ1) is 14.9. The lowest BCUT2D eigenvalue weighted by Crippen LogP contribution is -2.38. The van der Waals surface area contributed by atoms with Gasteiger partial charge in [-0.3, -0.25) is 9.59 Å². The highest BCUT2D eigenvalue weighted by Gasteiger charge is 2.33. The number of benzene rings is 2. The number of hydrogen-bond acceptors (Lipinski definition) is 4. The van der Waals surface area contributed by atoms with Crippen LogP contribution in [-0.2, 0) is 32.0 Å². The molecule has 0 saturated heterocycles. The largest absolute Gasteiger partial charge is 0.417 e. The van der Waals surface area contributed by atoms with E-state index in [4.69, 9.17) is 11.6 Å². The Bertz CT molecular complexity index is 1060. The first-order valence-corrected chi connectivity index (χ1v) is 11.7. The number of rotatable bonds is 9. The van der Waals surface area contributed by atoms with E-state index in [-0.39, 0.29) is 11.4 Å². The number of carbonyl (C=O) groups is 2. The van der Waals surface area contributed by atoms with Crippen molar-refractivity contribution in [3.63, 3.8) is 0 Å². The molecular formula is C21H22ClF3N2O4S. The Labute approximate surface area is 189 Å². The van der Waals surface area contributed by atoms with Crippen molar-refractivity contribution in [2.24, 2.45) is 0 Å². The van der Waals surface area contributed by atoms with E-state index in [9.17, 15) is 31.2 Å². The molecule has 0 aliphatic heterocycles. The zero-order valence-electron chi connectivity index (χ0n) is 17.2. The van der Waals surface area contributed by atoms with Gasteiger partial charge in [0, 0.05) is 12.7 Å². The van der Waals surface area contributed by atoms with Crippen LogP contribution < -0.4 is 5.32 Å². The van der Waals surface area contributed by atoms with E-state index in [1.807, 2.05) is 30.3 Å². The number of amides is 2. The molecule has 0 aromatic heterocycles. The highest BCUT2D eigenvalue weighted by molar-refractivity contribution is 7.92. The predicted octanol–water partition coefficient (Wildman–Crippen LogP) is 3.80. The van der Waals surface area contributed by atoms with Gasteiger partial charge in [0.25, 0.3) is 0 Å². The van der Waals surface area contributed by atoms with E-state index < -0.39 is 50.7 Å². The third kappa shape index (κ3) is 8.16. The van der Waals surface area contributed by atoms with Crippen LogP contribution in [0.2, 0.25) is 5.02 Å². The van der Waals surface area contributed by atoms with Gasteiger partial charge < -0.3 is 10.2 Å². The van der Waals surface area contributed by atoms with Crippen LogP contribution in [0.25, 0.3) is 0 Å². The molecule has 0 spiro atoms. The maximum atomic E-state index is 12.9. The molecule has 2 rings (SSSR count). The molecule has 0 atom stereocenters. The molecule has 32 heavy (non-hydrogen) atoms. The topological polar surface area (TPSA) is 83.6 Å². The number of nitrogens with one attached hydrogen (secondary N) is 1. The van der Waals surface area contributed by atoms with Crippen molar-refractivity contribution in [2.45, 2.75) is 19.0 Å². The molecule has 0 unspecified atom stereocenters. The molecule has 0 aliphatic carbocycles. The summed E-state index contributed by atoms with van der Waals surface area (Å²) < 4.78 is 63.2. The number of aryl methyl sites for hydroxylation is 1. The van der Waals surface area contributed by atoms with Crippen LogP contribution in [0, 0.1) is 0 Å². The Morgan fingerprint density at radius 3 is 2.38 bits per heavy atom. The quantitative estimate of drug-likeness (QED) is 0.579. The molecule has 0 radical (unpaired) electrons. The number of anilines is 1. The van der Waals surface area contributed by atoms with Gasteiger partial charge in [-0.1, -0.05) is 41.9 Å². The summed E-state index contributed by atoms with van der Waals surface area (Å²) in [6.45, 7) is -0.525. The molecule has 0 aliphatic rings. The summed E-state index contributed by atoms with van der Waals surface area (Å²) in [7, 11) is -2.44. The predicted molar refractivity (Wildman–Crippen MR) is 116 cm³/mol. The molecule has 2 aromatic carbocycles. The number of alkyl halides is 3. The van der Waals surface area contributed by atoms with Gasteiger partial charge in [-0.2, -0.15) is 13.2 Å². The van der Waals surface area contributed by atoms with Crippen molar-refractivity contribution in [1.82, 2.24) is 4.90 Å². The zero-order chi connectivity index (χ0) is 23.9. The molecule has 174 valence electrons. The second-order valence-electron chi connectivity index (χ2n) is 7.17. The third-order valence-corrected chi connectivity index (χ3v) is 6.40. The second kappa shape index (κ2) is 10.8. The van der Waals surface area contributed by atoms with E-state index >= 15 is 0 Å². The van der Waals surface area contributed by atoms with Gasteiger partial charge in [0.05, 0.1) is 22.9 Å². The third-order valence-electron chi connectivity index (χ3n) is 4.47. The van der Waals surface area contributed by atoms with Crippen LogP contribution in [0.3, 0.4) is 0 Å². The first-order valence-electron chi connectivity index (χ1n) is 9.52. The van der Waals surface area contributed by atoms with Crippen molar-refractivity contribution in [2.75, 3.05) is 30.4 Å². The van der Waals surface area contributed by atoms with Gasteiger partial charge >= 0.3 is 6.18 Å². The monoisotopic (exact) mass is 490 g/mol. The molecule has 0 fully saturated rings. The highest BCUT2D eigenvalue weighted by atomic mass is 35.5. The molecule has 1 N–H and O–H groups in total. The van der Waals surface area contributed by atoms with Gasteiger partial charge in [-0.25, -0.2) is 8.42 Å². The maximum absolute atomic E-state index is 12.9. The molecule has 0 saturated carbocycles. The summed E-state index contributed by atoms with van der Waals surface area (Å²) in [6.07, 6.45) is -3.80. The van der Waals surface area contributed by atoms with E-state index in [1.54, 1.807) is 0 Å². The average Bonchev–Trinajstić information content (AvgIpc) is 2.68. The van der Waals surface area contributed by atoms with E-state index in [2.05, 4.69) is 5.32 Å². The van der Waals surface area contributed by atoms with Crippen LogP contribution in [0.15, 0.2) is 48.5 Å². The molecule has 6 nitrogen and oxygen atoms in total. The number of carbonyl (C=O) groups excluding carboxylic acids is 2. The van der Waals surface area contributed by atoms with Gasteiger partial charge in [0.1, 0.15) is 5.75 Å². The van der Waals surface area contributed by atoms with Crippen LogP contribution in [-0.4, -0.2) is 50.2 Å². The molecule has 2 aromatic rings. The number of sulfone groups is 1. The zero-order valence-corrected chi connectivity index (χ0v) is 18.7. The Morgan fingerprint density at radius 1 is 1.09 bits per heavy atom. The van der Waals surface area contributed by atoms with Gasteiger partial charge in [0.2, 0.25) is 11.8 Å². The standard InChI is InChI=1S/C21H22ClF3N2O4S/c1-27(13-19(28)26-16-9-10-18(22)17(12-16)21(23,24)25)20(29)14-32(30,31)11-5-8-15-6-3-2-4-7-15/h2-4,6-7,9-10,12H,5,8,11,13-14H2,1H3,(H,26,28). The highest BCUT2D eigenvalue weighted by Crippen LogP contribution is 2.36. The lowest BCUT2D eigenvalue weighted by atomic mass is 10.1. The number of likely N-dealkylation sites (N-methyl/N-ethyl adjacent to an activating group) is 1. The summed E-state index contributed by atoms with van der Waals surface area (Å²) in [5, 5.41) is 1.73. The van der Waals surface area contributed by atoms with Crippen molar-refractivity contribution < 1.29 is 31.2 Å². The molecule has 11 heteroatoms. The second-order valence-corrected chi connectivity index (χ2v) is 9.76. The maximum Gasteiger partial charge on any atom is 0.417 e. The van der Waals surface area contributed by atoms with Crippen molar-refractivity contribution in [1.29, 1.82) is 0 Å². The van der Waals surface area contributed by atoms with Crippen LogP contribution >= 0.6 is 11.6 Å². The minimum absolute atomic E-state index is 0.152. The fourth-order valence-corrected chi connectivity index (χ4v) is 4.39. The molecule has 0 heterocycles. The van der Waals surface area contributed by atoms with E-state index in [0.29, 0.717) is 18.9 Å². The van der Waals surface area contributed by atoms with Crippen LogP contribution in [0.5, 0.6) is 0 Å². The lowest BCUT2D eigenvalue weighted by Gasteiger charge is -2.17. The number of halogens is 4. The van der Waals surface area contributed by atoms with Crippen LogP contribution in [0.1, 0.15) is 17.5 Å². The molecule has 2 amide bonds. The van der Waals surface area contributed by atoms with Crippen molar-refractivity contribution in [3.05, 3.63) is 64.7 Å². The molecule has 0 bridgehead atoms. The van der Waals surface area contributed by atoms with Crippen LogP contribution in [0.4, 0.5) is 18.9 Å². The minimum atomic E-state index is -4.69. The molecular weight excluding hydrogens is 469 g/mol. The summed E-state index contributed by atoms with van der Waals surface area (Å²) in [4.78, 5) is 25.2. The van der Waals surface area contributed by atoms with Crippen molar-refractivity contribution in [3.8, 4) is 0 Å². The Morgan fingerprint density at radius 2 is 1.75 bits per heavy atom. The Balaban J connectivity index is 1.86. The van der Waals surface area contributed by atoms with Gasteiger partial charge in [0.15, 0.2) is 9.84 Å². The summed E-state index contributed by atoms with van der Waals surface area (Å²) >= 11 is 5.53. The number of hydrogen-bond donors (Lipinski definition) is 1. The number of nitrogens with zero attached hydrogens (tertiary/aromatic N) is 1. The first kappa shape index (κ1) is 25.7. The Hall–Kier alpha value is -2.59. The minimum Gasteiger partial charge on any atom is -0.336 e. The fraction of sp³-hybridized carbons (Fsp3) is 0.333. The average molecular weight is 491 g/mol. The van der Waals surface area contributed by atoms with Gasteiger partial charge in [-0.15, -0.1) is 0 Å². The van der Waals surface area contributed by atoms with Gasteiger partial charge in [-0.05, 0) is 36.6 Å². The lowest BCUT2D eigenvalue weighted by molar-refractivity contribution is -0.137. The fourth-order valence-electron chi connectivity index (χ4n) is 2.84. The smallest absolute Gasteiger partial charge is 0.336 e. The normalized spacial score (nSPS) is 11.8. The van der Waals surface area contributed by atoms with E-state index in [1.165, 1.54) is 13.1 Å². The summed E-state index contributed by atoms with van der Waals surface area (Å²) in [5.74, 6) is -2.51. The Kier molecular flexibility index (Phi) is 8.68. The van der Waals surface area contributed by atoms with E-state index in [0.717, 1.165) is 16.5 Å². The SMILES string of the molecule is CN(CC(=O)Nc1ccc(Cl)c(C(F)(F)F)c1)C(=O)CS(=O)(=O)CCCc1ccccc1. The summed E-state index contributed by atoms with van der Waals surface area (Å²) in [6, 6.07) is 12.2. The summed E-state index contributed by atoms with van der Waals surface area (Å²) in [5.41, 5.74) is -0.275.